The molecule has 0 fully saturated rings. The smallest absolute Gasteiger partial charge is 0.161 e. The van der Waals surface area contributed by atoms with Crippen LogP contribution in [0.1, 0.15) is 22.8 Å². The summed E-state index contributed by atoms with van der Waals surface area (Å²) in [4.78, 5) is 0. The van der Waals surface area contributed by atoms with Crippen LogP contribution in [-0.2, 0) is 0 Å². The van der Waals surface area contributed by atoms with E-state index in [0.717, 1.165) is 5.56 Å². The van der Waals surface area contributed by atoms with Crippen molar-refractivity contribution in [3.63, 3.8) is 0 Å². The zero-order valence-electron chi connectivity index (χ0n) is 12.0. The van der Waals surface area contributed by atoms with Crippen LogP contribution in [0.2, 0.25) is 0 Å². The third-order valence-electron chi connectivity index (χ3n) is 3.34. The molecule has 0 amide bonds. The Morgan fingerprint density at radius 2 is 1.71 bits per heavy atom. The van der Waals surface area contributed by atoms with Gasteiger partial charge in [-0.3, -0.25) is 0 Å². The van der Waals surface area contributed by atoms with Gasteiger partial charge in [0.05, 0.1) is 18.7 Å². The molecule has 2 aromatic rings. The van der Waals surface area contributed by atoms with E-state index in [4.69, 9.17) is 9.47 Å². The molecule has 0 saturated heterocycles. The van der Waals surface area contributed by atoms with Crippen LogP contribution in [-0.4, -0.2) is 19.3 Å². The van der Waals surface area contributed by atoms with Crippen molar-refractivity contribution in [2.24, 2.45) is 0 Å². The van der Waals surface area contributed by atoms with Crippen molar-refractivity contribution < 1.29 is 19.0 Å². The predicted molar refractivity (Wildman–Crippen MR) is 82.4 cm³/mol. The Morgan fingerprint density at radius 1 is 1.10 bits per heavy atom. The van der Waals surface area contributed by atoms with E-state index in [2.05, 4.69) is 15.9 Å². The summed E-state index contributed by atoms with van der Waals surface area (Å²) in [5.41, 5.74) is 1.93. The van der Waals surface area contributed by atoms with Crippen molar-refractivity contribution in [1.29, 1.82) is 0 Å². The highest BCUT2D eigenvalue weighted by atomic mass is 79.9. The molecule has 2 rings (SSSR count). The molecule has 0 aromatic heterocycles. The van der Waals surface area contributed by atoms with Crippen LogP contribution < -0.4 is 9.47 Å². The summed E-state index contributed by atoms with van der Waals surface area (Å²) in [6.07, 6.45) is -0.963. The largest absolute Gasteiger partial charge is 0.493 e. The number of hydrogen-bond acceptors (Lipinski definition) is 3. The summed E-state index contributed by atoms with van der Waals surface area (Å²) >= 11 is 3.18. The normalized spacial score (nSPS) is 12.1. The molecule has 0 spiro atoms. The second-order valence-electron chi connectivity index (χ2n) is 4.61. The quantitative estimate of drug-likeness (QED) is 0.901. The summed E-state index contributed by atoms with van der Waals surface area (Å²) in [5.74, 6) is 0.693. The first-order valence-corrected chi connectivity index (χ1v) is 7.13. The topological polar surface area (TPSA) is 38.7 Å². The zero-order valence-corrected chi connectivity index (χ0v) is 13.6. The summed E-state index contributed by atoms with van der Waals surface area (Å²) < 4.78 is 24.3. The third kappa shape index (κ3) is 3.04. The summed E-state index contributed by atoms with van der Waals surface area (Å²) in [6.45, 7) is 1.85. The number of benzene rings is 2. The number of methoxy groups -OCH3 is 2. The number of rotatable bonds is 4. The maximum Gasteiger partial charge on any atom is 0.161 e. The number of aliphatic hydroxyl groups is 1. The lowest BCUT2D eigenvalue weighted by atomic mass is 9.96. The number of hydrogen-bond donors (Lipinski definition) is 1. The Kier molecular flexibility index (Phi) is 4.85. The second-order valence-corrected chi connectivity index (χ2v) is 5.40. The molecule has 0 aliphatic heterocycles. The van der Waals surface area contributed by atoms with Gasteiger partial charge in [0.2, 0.25) is 0 Å². The molecule has 0 saturated carbocycles. The van der Waals surface area contributed by atoms with E-state index < -0.39 is 11.9 Å². The maximum absolute atomic E-state index is 13.6. The van der Waals surface area contributed by atoms with Gasteiger partial charge in [0.15, 0.2) is 11.5 Å². The standard InChI is InChI=1S/C16H16BrFO3/c1-9-7-13(20-2)14(21-3)8-11(9)16(19)10-5-4-6-12(18)15(10)17/h4-8,16,19H,1-3H3. The lowest BCUT2D eigenvalue weighted by Gasteiger charge is -2.18. The van der Waals surface area contributed by atoms with E-state index in [1.54, 1.807) is 31.4 Å². The molecule has 1 N–H and O–H groups in total. The number of aliphatic hydroxyl groups excluding tert-OH is 1. The van der Waals surface area contributed by atoms with Gasteiger partial charge in [-0.15, -0.1) is 0 Å². The van der Waals surface area contributed by atoms with Gasteiger partial charge in [0.1, 0.15) is 11.9 Å². The van der Waals surface area contributed by atoms with E-state index in [1.165, 1.54) is 13.2 Å². The molecule has 2 aromatic carbocycles. The first kappa shape index (κ1) is 15.8. The fraction of sp³-hybridized carbons (Fsp3) is 0.250. The van der Waals surface area contributed by atoms with Crippen LogP contribution in [0.15, 0.2) is 34.8 Å². The van der Waals surface area contributed by atoms with Crippen LogP contribution in [0, 0.1) is 12.7 Å². The average Bonchev–Trinajstić information content (AvgIpc) is 2.49. The Hall–Kier alpha value is -1.59. The molecule has 21 heavy (non-hydrogen) atoms. The molecule has 1 atom stereocenters. The molecule has 112 valence electrons. The highest BCUT2D eigenvalue weighted by Crippen LogP contribution is 2.37. The molecular weight excluding hydrogens is 339 g/mol. The fourth-order valence-corrected chi connectivity index (χ4v) is 2.67. The SMILES string of the molecule is COc1cc(C)c(C(O)c2cccc(F)c2Br)cc1OC. The first-order valence-electron chi connectivity index (χ1n) is 6.34. The molecule has 0 heterocycles. The van der Waals surface area contributed by atoms with Crippen molar-refractivity contribution in [1.82, 2.24) is 0 Å². The van der Waals surface area contributed by atoms with Gasteiger partial charge >= 0.3 is 0 Å². The van der Waals surface area contributed by atoms with Gasteiger partial charge in [-0.2, -0.15) is 0 Å². The maximum atomic E-state index is 13.6. The van der Waals surface area contributed by atoms with E-state index in [1.807, 2.05) is 6.92 Å². The van der Waals surface area contributed by atoms with Gasteiger partial charge in [0, 0.05) is 5.56 Å². The van der Waals surface area contributed by atoms with E-state index in [9.17, 15) is 9.50 Å². The number of aryl methyl sites for hydroxylation is 1. The summed E-state index contributed by atoms with van der Waals surface area (Å²) in [6, 6.07) is 8.06. The third-order valence-corrected chi connectivity index (χ3v) is 4.18. The number of halogens is 2. The molecule has 5 heteroatoms. The molecule has 3 nitrogen and oxygen atoms in total. The van der Waals surface area contributed by atoms with Crippen LogP contribution in [0.25, 0.3) is 0 Å². The van der Waals surface area contributed by atoms with Gasteiger partial charge < -0.3 is 14.6 Å². The molecule has 0 aliphatic rings. The fourth-order valence-electron chi connectivity index (χ4n) is 2.19. The molecule has 0 aliphatic carbocycles. The Bertz CT molecular complexity index is 658. The lowest BCUT2D eigenvalue weighted by molar-refractivity contribution is 0.217. The van der Waals surface area contributed by atoms with E-state index in [-0.39, 0.29) is 4.47 Å². The Morgan fingerprint density at radius 3 is 2.33 bits per heavy atom. The van der Waals surface area contributed by atoms with Crippen LogP contribution >= 0.6 is 15.9 Å². The van der Waals surface area contributed by atoms with Crippen LogP contribution in [0.4, 0.5) is 4.39 Å². The Labute approximate surface area is 131 Å². The molecular formula is C16H16BrFO3. The molecule has 0 radical (unpaired) electrons. The zero-order chi connectivity index (χ0) is 15.6. The van der Waals surface area contributed by atoms with Gasteiger partial charge in [0.25, 0.3) is 0 Å². The van der Waals surface area contributed by atoms with Crippen LogP contribution in [0.3, 0.4) is 0 Å². The van der Waals surface area contributed by atoms with Crippen molar-refractivity contribution in [3.8, 4) is 11.5 Å². The van der Waals surface area contributed by atoms with E-state index in [0.29, 0.717) is 22.6 Å². The van der Waals surface area contributed by atoms with Gasteiger partial charge in [-0.1, -0.05) is 12.1 Å². The number of ether oxygens (including phenoxy) is 2. The van der Waals surface area contributed by atoms with Crippen molar-refractivity contribution in [2.75, 3.05) is 14.2 Å². The first-order chi connectivity index (χ1) is 9.99. The van der Waals surface area contributed by atoms with Gasteiger partial charge in [-0.25, -0.2) is 4.39 Å². The minimum absolute atomic E-state index is 0.256. The van der Waals surface area contributed by atoms with E-state index >= 15 is 0 Å². The van der Waals surface area contributed by atoms with Gasteiger partial charge in [-0.05, 0) is 52.2 Å². The summed E-state index contributed by atoms with van der Waals surface area (Å²) in [5, 5.41) is 10.6. The average molecular weight is 355 g/mol. The highest BCUT2D eigenvalue weighted by molar-refractivity contribution is 9.10. The minimum Gasteiger partial charge on any atom is -0.493 e. The van der Waals surface area contributed by atoms with Crippen molar-refractivity contribution >= 4 is 15.9 Å². The highest BCUT2D eigenvalue weighted by Gasteiger charge is 2.20. The van der Waals surface area contributed by atoms with Crippen LogP contribution in [0.5, 0.6) is 11.5 Å². The monoisotopic (exact) mass is 354 g/mol. The minimum atomic E-state index is -0.963. The van der Waals surface area contributed by atoms with Crippen molar-refractivity contribution in [3.05, 3.63) is 57.3 Å². The molecule has 1 unspecified atom stereocenters. The lowest BCUT2D eigenvalue weighted by Crippen LogP contribution is -2.05. The Balaban J connectivity index is 2.53. The second kappa shape index (κ2) is 6.45. The predicted octanol–water partition coefficient (Wildman–Crippen LogP) is 4.00. The summed E-state index contributed by atoms with van der Waals surface area (Å²) in [7, 11) is 3.08. The molecule has 0 bridgehead atoms. The van der Waals surface area contributed by atoms with Crippen molar-refractivity contribution in [2.45, 2.75) is 13.0 Å².